The number of rotatable bonds is 6. The zero-order valence-electron chi connectivity index (χ0n) is 22.4. The Morgan fingerprint density at radius 1 is 1.13 bits per heavy atom. The monoisotopic (exact) mass is 546 g/mol. The molecule has 202 valence electrons. The number of halogens is 1. The summed E-state index contributed by atoms with van der Waals surface area (Å²) in [5, 5.41) is 7.37. The summed E-state index contributed by atoms with van der Waals surface area (Å²) in [6.07, 6.45) is 1.54. The maximum Gasteiger partial charge on any atom is 0.240 e. The van der Waals surface area contributed by atoms with Crippen LogP contribution in [0.2, 0.25) is 0 Å². The van der Waals surface area contributed by atoms with Gasteiger partial charge < -0.3 is 9.73 Å². The van der Waals surface area contributed by atoms with E-state index in [-0.39, 0.29) is 36.5 Å². The number of aromatic nitrogens is 2. The quantitative estimate of drug-likeness (QED) is 0.336. The summed E-state index contributed by atoms with van der Waals surface area (Å²) in [5.41, 5.74) is 3.37. The number of thioether (sulfide) groups is 1. The smallest absolute Gasteiger partial charge is 0.240 e. The van der Waals surface area contributed by atoms with Crippen LogP contribution in [0, 0.1) is 12.7 Å². The van der Waals surface area contributed by atoms with Gasteiger partial charge in [-0.3, -0.25) is 14.5 Å². The number of furan rings is 1. The summed E-state index contributed by atoms with van der Waals surface area (Å²) in [6, 6.07) is 18.0. The first-order chi connectivity index (χ1) is 18.6. The largest absolute Gasteiger partial charge is 0.467 e. The summed E-state index contributed by atoms with van der Waals surface area (Å²) >= 11 is 1.35. The van der Waals surface area contributed by atoms with E-state index in [2.05, 4.69) is 5.32 Å². The minimum absolute atomic E-state index is 0.0800. The molecular weight excluding hydrogens is 515 g/mol. The highest BCUT2D eigenvalue weighted by atomic mass is 32.2. The number of anilines is 1. The lowest BCUT2D eigenvalue weighted by Gasteiger charge is -2.24. The number of aryl methyl sites for hydroxylation is 1. The fourth-order valence-electron chi connectivity index (χ4n) is 4.67. The Balaban J connectivity index is 1.68. The molecule has 9 heteroatoms. The Labute approximate surface area is 231 Å². The number of carbonyl (C=O) groups is 2. The van der Waals surface area contributed by atoms with Crippen LogP contribution in [-0.2, 0) is 21.5 Å². The van der Waals surface area contributed by atoms with Gasteiger partial charge in [-0.05, 0) is 37.3 Å². The molecule has 2 amide bonds. The summed E-state index contributed by atoms with van der Waals surface area (Å²) in [7, 11) is 0. The van der Waals surface area contributed by atoms with Gasteiger partial charge in [-0.25, -0.2) is 9.07 Å². The van der Waals surface area contributed by atoms with E-state index in [9.17, 15) is 9.59 Å². The summed E-state index contributed by atoms with van der Waals surface area (Å²) in [4.78, 5) is 28.3. The zero-order chi connectivity index (χ0) is 27.7. The Morgan fingerprint density at radius 3 is 2.54 bits per heavy atom. The van der Waals surface area contributed by atoms with Gasteiger partial charge in [0.2, 0.25) is 11.8 Å². The van der Waals surface area contributed by atoms with Gasteiger partial charge in [0, 0.05) is 16.5 Å². The standard InChI is InChI=1S/C30H31FN4O3S/c1-19-11-13-20(14-12-19)35-29-26(28(33-35)30(2,3)4)27(22-9-5-6-10-23(22)31)39-18-25(37)34(29)17-24(36)32-16-21-8-7-15-38-21/h5-15,27H,16-18H2,1-4H3,(H,32,36). The van der Waals surface area contributed by atoms with E-state index in [1.807, 2.05) is 52.0 Å². The van der Waals surface area contributed by atoms with E-state index < -0.39 is 10.7 Å². The highest BCUT2D eigenvalue weighted by molar-refractivity contribution is 8.00. The zero-order valence-corrected chi connectivity index (χ0v) is 23.2. The first-order valence-electron chi connectivity index (χ1n) is 12.8. The van der Waals surface area contributed by atoms with E-state index in [1.54, 1.807) is 41.3 Å². The number of hydrogen-bond acceptors (Lipinski definition) is 5. The lowest BCUT2D eigenvalue weighted by atomic mass is 9.87. The van der Waals surface area contributed by atoms with Crippen molar-refractivity contribution in [3.63, 3.8) is 0 Å². The molecule has 0 aliphatic carbocycles. The molecule has 1 aliphatic rings. The molecule has 0 spiro atoms. The fourth-order valence-corrected chi connectivity index (χ4v) is 5.89. The Bertz CT molecular complexity index is 1490. The molecule has 0 bridgehead atoms. The topological polar surface area (TPSA) is 80.4 Å². The summed E-state index contributed by atoms with van der Waals surface area (Å²) in [6.45, 7) is 8.13. The van der Waals surface area contributed by atoms with Crippen LogP contribution in [0.4, 0.5) is 10.2 Å². The lowest BCUT2D eigenvalue weighted by Crippen LogP contribution is -2.42. The maximum atomic E-state index is 15.2. The van der Waals surface area contributed by atoms with E-state index in [0.29, 0.717) is 17.1 Å². The van der Waals surface area contributed by atoms with Crippen molar-refractivity contribution in [2.75, 3.05) is 17.2 Å². The van der Waals surface area contributed by atoms with Crippen molar-refractivity contribution in [3.05, 3.63) is 101 Å². The molecule has 5 rings (SSSR count). The maximum absolute atomic E-state index is 15.2. The van der Waals surface area contributed by atoms with Gasteiger partial charge in [0.15, 0.2) is 0 Å². The van der Waals surface area contributed by atoms with Gasteiger partial charge in [-0.1, -0.05) is 56.7 Å². The molecule has 1 N–H and O–H groups in total. The van der Waals surface area contributed by atoms with Gasteiger partial charge >= 0.3 is 0 Å². The molecule has 1 atom stereocenters. The molecule has 0 saturated carbocycles. The van der Waals surface area contributed by atoms with Crippen molar-refractivity contribution < 1.29 is 18.4 Å². The third kappa shape index (κ3) is 5.49. The minimum atomic E-state index is -0.491. The van der Waals surface area contributed by atoms with Crippen LogP contribution in [0.15, 0.2) is 71.3 Å². The van der Waals surface area contributed by atoms with Gasteiger partial charge in [0.1, 0.15) is 23.9 Å². The minimum Gasteiger partial charge on any atom is -0.467 e. The van der Waals surface area contributed by atoms with E-state index >= 15 is 4.39 Å². The molecule has 2 aromatic carbocycles. The van der Waals surface area contributed by atoms with Crippen molar-refractivity contribution in [3.8, 4) is 5.69 Å². The number of fused-ring (bicyclic) bond motifs is 1. The van der Waals surface area contributed by atoms with Crippen molar-refractivity contribution in [1.29, 1.82) is 0 Å². The van der Waals surface area contributed by atoms with Gasteiger partial charge in [0.25, 0.3) is 0 Å². The third-order valence-electron chi connectivity index (χ3n) is 6.61. The fraction of sp³-hybridized carbons (Fsp3) is 0.300. The summed E-state index contributed by atoms with van der Waals surface area (Å²) in [5.74, 6) is 0.245. The van der Waals surface area contributed by atoms with Gasteiger partial charge in [0.05, 0.1) is 35.2 Å². The molecule has 7 nitrogen and oxygen atoms in total. The summed E-state index contributed by atoms with van der Waals surface area (Å²) < 4.78 is 22.3. The SMILES string of the molecule is Cc1ccc(-n2nc(C(C)(C)C)c3c2N(CC(=O)NCc2ccco2)C(=O)CSC3c2ccccc2F)cc1. The normalized spacial score (nSPS) is 15.7. The van der Waals surface area contributed by atoms with Crippen molar-refractivity contribution >= 4 is 29.4 Å². The van der Waals surface area contributed by atoms with Crippen LogP contribution in [-0.4, -0.2) is 33.9 Å². The van der Waals surface area contributed by atoms with Gasteiger partial charge in [-0.2, -0.15) is 5.10 Å². The number of amides is 2. The predicted octanol–water partition coefficient (Wildman–Crippen LogP) is 5.70. The Morgan fingerprint density at radius 2 is 1.87 bits per heavy atom. The van der Waals surface area contributed by atoms with Crippen LogP contribution >= 0.6 is 11.8 Å². The number of nitrogens with one attached hydrogen (secondary N) is 1. The molecule has 1 aliphatic heterocycles. The van der Waals surface area contributed by atoms with E-state index in [4.69, 9.17) is 9.52 Å². The molecule has 0 fully saturated rings. The van der Waals surface area contributed by atoms with E-state index in [0.717, 1.165) is 22.5 Å². The molecule has 3 heterocycles. The average molecular weight is 547 g/mol. The Kier molecular flexibility index (Phi) is 7.36. The van der Waals surface area contributed by atoms with Crippen LogP contribution in [0.5, 0.6) is 0 Å². The average Bonchev–Trinajstić information content (AvgIpc) is 3.53. The highest BCUT2D eigenvalue weighted by Crippen LogP contribution is 2.48. The first-order valence-corrected chi connectivity index (χ1v) is 13.8. The second kappa shape index (κ2) is 10.7. The van der Waals surface area contributed by atoms with Crippen molar-refractivity contribution in [2.24, 2.45) is 0 Å². The molecular formula is C30H31FN4O3S. The van der Waals surface area contributed by atoms with Crippen LogP contribution in [0.1, 0.15) is 54.2 Å². The van der Waals surface area contributed by atoms with Crippen molar-refractivity contribution in [2.45, 2.75) is 44.9 Å². The second-order valence-corrected chi connectivity index (χ2v) is 11.7. The number of hydrogen-bond donors (Lipinski definition) is 1. The van der Waals surface area contributed by atoms with Crippen LogP contribution < -0.4 is 10.2 Å². The van der Waals surface area contributed by atoms with Crippen molar-refractivity contribution in [1.82, 2.24) is 15.1 Å². The number of carbonyl (C=O) groups excluding carboxylic acids is 2. The van der Waals surface area contributed by atoms with Crippen LogP contribution in [0.3, 0.4) is 0 Å². The predicted molar refractivity (Wildman–Crippen MR) is 151 cm³/mol. The highest BCUT2D eigenvalue weighted by Gasteiger charge is 2.40. The van der Waals surface area contributed by atoms with Gasteiger partial charge in [-0.15, -0.1) is 11.8 Å². The molecule has 0 saturated heterocycles. The second-order valence-electron chi connectivity index (χ2n) is 10.6. The number of benzene rings is 2. The molecule has 1 unspecified atom stereocenters. The van der Waals surface area contributed by atoms with Crippen LogP contribution in [0.25, 0.3) is 5.69 Å². The molecule has 0 radical (unpaired) electrons. The van der Waals surface area contributed by atoms with E-state index in [1.165, 1.54) is 22.7 Å². The molecule has 39 heavy (non-hydrogen) atoms. The number of nitrogens with zero attached hydrogens (tertiary/aromatic N) is 3. The molecule has 4 aromatic rings. The third-order valence-corrected chi connectivity index (χ3v) is 7.84. The first kappa shape index (κ1) is 26.7. The Hall–Kier alpha value is -3.85. The lowest BCUT2D eigenvalue weighted by molar-refractivity contribution is -0.123. The molecule has 2 aromatic heterocycles.